The number of nitrogens with one attached hydrogen (secondary N) is 1. The number of amides is 1. The molecular weight excluding hydrogens is 334 g/mol. The minimum absolute atomic E-state index is 0.182. The fourth-order valence-electron chi connectivity index (χ4n) is 3.36. The monoisotopic (exact) mass is 359 g/mol. The highest BCUT2D eigenvalue weighted by Crippen LogP contribution is 2.38. The number of aromatic nitrogens is 2. The van der Waals surface area contributed by atoms with E-state index in [1.165, 1.54) is 0 Å². The third kappa shape index (κ3) is 3.66. The molecule has 1 aliphatic carbocycles. The second-order valence-electron chi connectivity index (χ2n) is 6.41. The van der Waals surface area contributed by atoms with Gasteiger partial charge < -0.3 is 19.3 Å². The van der Waals surface area contributed by atoms with E-state index in [1.54, 1.807) is 25.1 Å². The van der Waals surface area contributed by atoms with Gasteiger partial charge in [0.25, 0.3) is 5.91 Å². The van der Waals surface area contributed by atoms with Crippen molar-refractivity contribution in [3.63, 3.8) is 0 Å². The van der Waals surface area contributed by atoms with Gasteiger partial charge in [-0.3, -0.25) is 4.79 Å². The molecule has 0 aliphatic heterocycles. The van der Waals surface area contributed by atoms with Crippen LogP contribution in [0.15, 0.2) is 22.7 Å². The lowest BCUT2D eigenvalue weighted by molar-refractivity contribution is 0.0891. The van der Waals surface area contributed by atoms with Crippen LogP contribution in [0.5, 0.6) is 11.5 Å². The van der Waals surface area contributed by atoms with Gasteiger partial charge in [0.05, 0.1) is 13.2 Å². The maximum Gasteiger partial charge on any atom is 0.252 e. The van der Waals surface area contributed by atoms with E-state index in [4.69, 9.17) is 14.0 Å². The molecule has 7 nitrogen and oxygen atoms in total. The van der Waals surface area contributed by atoms with Crippen molar-refractivity contribution in [3.05, 3.63) is 35.5 Å². The van der Waals surface area contributed by atoms with E-state index < -0.39 is 5.54 Å². The lowest BCUT2D eigenvalue weighted by atomic mass is 9.96. The molecule has 1 aromatic heterocycles. The first-order valence-electron chi connectivity index (χ1n) is 9.11. The Kier molecular flexibility index (Phi) is 5.44. The zero-order chi connectivity index (χ0) is 18.6. The molecule has 1 saturated carbocycles. The van der Waals surface area contributed by atoms with Crippen LogP contribution in [-0.4, -0.2) is 29.3 Å². The summed E-state index contributed by atoms with van der Waals surface area (Å²) in [6.45, 7) is 6.59. The second kappa shape index (κ2) is 7.76. The van der Waals surface area contributed by atoms with Crippen LogP contribution >= 0.6 is 0 Å². The smallest absolute Gasteiger partial charge is 0.252 e. The molecule has 1 heterocycles. The molecule has 0 bridgehead atoms. The molecule has 0 radical (unpaired) electrons. The predicted octanol–water partition coefficient (Wildman–Crippen LogP) is 3.37. The summed E-state index contributed by atoms with van der Waals surface area (Å²) in [6.07, 6.45) is 3.63. The maximum atomic E-state index is 12.9. The van der Waals surface area contributed by atoms with Gasteiger partial charge >= 0.3 is 0 Å². The van der Waals surface area contributed by atoms with Crippen LogP contribution in [0.4, 0.5) is 0 Å². The summed E-state index contributed by atoms with van der Waals surface area (Å²) in [4.78, 5) is 17.3. The van der Waals surface area contributed by atoms with Gasteiger partial charge in [-0.05, 0) is 44.9 Å². The van der Waals surface area contributed by atoms with Crippen LogP contribution in [0.25, 0.3) is 0 Å². The van der Waals surface area contributed by atoms with Gasteiger partial charge in [-0.25, -0.2) is 0 Å². The molecule has 2 aromatic rings. The highest BCUT2D eigenvalue weighted by Gasteiger charge is 2.41. The van der Waals surface area contributed by atoms with Gasteiger partial charge in [0.2, 0.25) is 5.89 Å². The summed E-state index contributed by atoms with van der Waals surface area (Å²) < 4.78 is 16.3. The molecule has 26 heavy (non-hydrogen) atoms. The summed E-state index contributed by atoms with van der Waals surface area (Å²) in [6, 6.07) is 5.23. The fourth-order valence-corrected chi connectivity index (χ4v) is 3.36. The molecule has 0 atom stereocenters. The van der Waals surface area contributed by atoms with Crippen LogP contribution < -0.4 is 14.8 Å². The molecule has 3 rings (SSSR count). The van der Waals surface area contributed by atoms with E-state index in [0.29, 0.717) is 42.0 Å². The first-order chi connectivity index (χ1) is 12.6. The number of rotatable bonds is 7. The summed E-state index contributed by atoms with van der Waals surface area (Å²) in [7, 11) is 0. The summed E-state index contributed by atoms with van der Waals surface area (Å²) in [5, 5.41) is 7.20. The molecular formula is C19H25N3O4. The SMILES string of the molecule is CCOc1ccc(C(=O)NC2(c3noc(C)n3)CCCC2)cc1OCC. The number of carbonyl (C=O) groups excluding carboxylic acids is 1. The van der Waals surface area contributed by atoms with Crippen molar-refractivity contribution in [2.45, 2.75) is 52.0 Å². The first kappa shape index (κ1) is 18.2. The van der Waals surface area contributed by atoms with Crippen LogP contribution in [0.3, 0.4) is 0 Å². The van der Waals surface area contributed by atoms with Gasteiger partial charge in [-0.15, -0.1) is 0 Å². The summed E-state index contributed by atoms with van der Waals surface area (Å²) in [5.41, 5.74) is -0.0532. The van der Waals surface area contributed by atoms with Crippen molar-refractivity contribution >= 4 is 5.91 Å². The van der Waals surface area contributed by atoms with E-state index in [0.717, 1.165) is 25.7 Å². The van der Waals surface area contributed by atoms with Crippen molar-refractivity contribution in [2.24, 2.45) is 0 Å². The Morgan fingerprint density at radius 1 is 1.19 bits per heavy atom. The van der Waals surface area contributed by atoms with Crippen molar-refractivity contribution < 1.29 is 18.8 Å². The Hall–Kier alpha value is -2.57. The molecule has 1 amide bonds. The fraction of sp³-hybridized carbons (Fsp3) is 0.526. The average Bonchev–Trinajstić information content (AvgIpc) is 3.27. The number of nitrogens with zero attached hydrogens (tertiary/aromatic N) is 2. The summed E-state index contributed by atoms with van der Waals surface area (Å²) in [5.74, 6) is 2.07. The Morgan fingerprint density at radius 3 is 2.50 bits per heavy atom. The Balaban J connectivity index is 1.85. The van der Waals surface area contributed by atoms with Gasteiger partial charge in [-0.2, -0.15) is 4.98 Å². The Morgan fingerprint density at radius 2 is 1.88 bits per heavy atom. The van der Waals surface area contributed by atoms with Crippen LogP contribution in [0.2, 0.25) is 0 Å². The second-order valence-corrected chi connectivity index (χ2v) is 6.41. The van der Waals surface area contributed by atoms with Gasteiger partial charge in [0.1, 0.15) is 5.54 Å². The predicted molar refractivity (Wildman–Crippen MR) is 95.4 cm³/mol. The topological polar surface area (TPSA) is 86.5 Å². The molecule has 1 fully saturated rings. The van der Waals surface area contributed by atoms with Crippen molar-refractivity contribution in [3.8, 4) is 11.5 Å². The standard InChI is InChI=1S/C19H25N3O4/c1-4-24-15-9-8-14(12-16(15)25-5-2)17(23)21-19(10-6-7-11-19)18-20-13(3)26-22-18/h8-9,12H,4-7,10-11H2,1-3H3,(H,21,23). The van der Waals surface area contributed by atoms with Crippen molar-refractivity contribution in [1.29, 1.82) is 0 Å². The van der Waals surface area contributed by atoms with Crippen LogP contribution in [-0.2, 0) is 5.54 Å². The number of hydrogen-bond acceptors (Lipinski definition) is 6. The van der Waals surface area contributed by atoms with Gasteiger partial charge in [0, 0.05) is 12.5 Å². The summed E-state index contributed by atoms with van der Waals surface area (Å²) >= 11 is 0. The lowest BCUT2D eigenvalue weighted by Crippen LogP contribution is -2.44. The van der Waals surface area contributed by atoms with Gasteiger partial charge in [-0.1, -0.05) is 18.0 Å². The third-order valence-corrected chi connectivity index (χ3v) is 4.57. The number of ether oxygens (including phenoxy) is 2. The Labute approximate surface area is 153 Å². The highest BCUT2D eigenvalue weighted by molar-refractivity contribution is 5.95. The molecule has 0 unspecified atom stereocenters. The van der Waals surface area contributed by atoms with Crippen molar-refractivity contribution in [2.75, 3.05) is 13.2 Å². The van der Waals surface area contributed by atoms with E-state index in [9.17, 15) is 4.79 Å². The van der Waals surface area contributed by atoms with Gasteiger partial charge in [0.15, 0.2) is 17.3 Å². The number of carbonyl (C=O) groups is 1. The molecule has 7 heteroatoms. The highest BCUT2D eigenvalue weighted by atomic mass is 16.5. The number of aryl methyl sites for hydroxylation is 1. The maximum absolute atomic E-state index is 12.9. The molecule has 0 spiro atoms. The largest absolute Gasteiger partial charge is 0.490 e. The van der Waals surface area contributed by atoms with Crippen LogP contribution in [0, 0.1) is 6.92 Å². The molecule has 1 aliphatic rings. The minimum Gasteiger partial charge on any atom is -0.490 e. The third-order valence-electron chi connectivity index (χ3n) is 4.57. The van der Waals surface area contributed by atoms with E-state index in [1.807, 2.05) is 13.8 Å². The normalized spacial score (nSPS) is 15.7. The van der Waals surface area contributed by atoms with E-state index in [2.05, 4.69) is 15.5 Å². The molecule has 0 saturated heterocycles. The number of benzene rings is 1. The molecule has 1 aromatic carbocycles. The van der Waals surface area contributed by atoms with Crippen molar-refractivity contribution in [1.82, 2.24) is 15.5 Å². The minimum atomic E-state index is -0.570. The first-order valence-corrected chi connectivity index (χ1v) is 9.11. The quantitative estimate of drug-likeness (QED) is 0.815. The van der Waals surface area contributed by atoms with E-state index in [-0.39, 0.29) is 5.91 Å². The lowest BCUT2D eigenvalue weighted by Gasteiger charge is -2.27. The number of hydrogen-bond donors (Lipinski definition) is 1. The Bertz CT molecular complexity index is 766. The zero-order valence-electron chi connectivity index (χ0n) is 15.5. The molecule has 1 N–H and O–H groups in total. The average molecular weight is 359 g/mol. The van der Waals surface area contributed by atoms with Crippen LogP contribution in [0.1, 0.15) is 61.6 Å². The van der Waals surface area contributed by atoms with E-state index >= 15 is 0 Å². The molecule has 140 valence electrons. The zero-order valence-corrected chi connectivity index (χ0v) is 15.5.